The summed E-state index contributed by atoms with van der Waals surface area (Å²) in [6.07, 6.45) is 8.38. The first kappa shape index (κ1) is 14.7. The highest BCUT2D eigenvalue weighted by Gasteiger charge is 2.37. The molecular formula is C16H29ClO. The Morgan fingerprint density at radius 3 is 2.39 bits per heavy atom. The topological polar surface area (TPSA) is 9.23 Å². The van der Waals surface area contributed by atoms with Crippen LogP contribution in [0.1, 0.15) is 66.2 Å². The molecule has 5 unspecified atom stereocenters. The second-order valence-electron chi connectivity index (χ2n) is 7.53. The van der Waals surface area contributed by atoms with Gasteiger partial charge in [-0.15, -0.1) is 11.6 Å². The minimum absolute atomic E-state index is 0.378. The fourth-order valence-electron chi connectivity index (χ4n) is 3.65. The van der Waals surface area contributed by atoms with Gasteiger partial charge < -0.3 is 4.74 Å². The van der Waals surface area contributed by atoms with Gasteiger partial charge in [0.15, 0.2) is 0 Å². The van der Waals surface area contributed by atoms with Gasteiger partial charge in [-0.25, -0.2) is 0 Å². The van der Waals surface area contributed by atoms with Gasteiger partial charge in [-0.3, -0.25) is 0 Å². The third kappa shape index (κ3) is 3.63. The monoisotopic (exact) mass is 272 g/mol. The summed E-state index contributed by atoms with van der Waals surface area (Å²) < 4.78 is 5.97. The van der Waals surface area contributed by atoms with Gasteiger partial charge in [-0.2, -0.15) is 0 Å². The normalized spacial score (nSPS) is 42.2. The van der Waals surface area contributed by atoms with E-state index in [4.69, 9.17) is 16.3 Å². The van der Waals surface area contributed by atoms with Crippen LogP contribution in [0, 0.1) is 17.3 Å². The molecule has 1 saturated heterocycles. The van der Waals surface area contributed by atoms with Gasteiger partial charge in [0, 0.05) is 5.38 Å². The van der Waals surface area contributed by atoms with Crippen molar-refractivity contribution in [1.29, 1.82) is 0 Å². The number of ether oxygens (including phenoxy) is 1. The molecule has 0 aromatic rings. The van der Waals surface area contributed by atoms with Crippen LogP contribution in [0.2, 0.25) is 0 Å². The van der Waals surface area contributed by atoms with Crippen molar-refractivity contribution in [2.45, 2.75) is 83.8 Å². The van der Waals surface area contributed by atoms with E-state index in [9.17, 15) is 0 Å². The molecule has 0 aromatic heterocycles. The van der Waals surface area contributed by atoms with E-state index in [1.54, 1.807) is 0 Å². The molecule has 0 N–H and O–H groups in total. The molecular weight excluding hydrogens is 244 g/mol. The lowest BCUT2D eigenvalue weighted by molar-refractivity contribution is 0.0288. The predicted octanol–water partition coefficient (Wildman–Crippen LogP) is 5.01. The van der Waals surface area contributed by atoms with Crippen LogP contribution in [-0.2, 0) is 4.74 Å². The van der Waals surface area contributed by atoms with Gasteiger partial charge in [-0.1, -0.05) is 20.8 Å². The first-order chi connectivity index (χ1) is 8.36. The Hall–Kier alpha value is 0.250. The van der Waals surface area contributed by atoms with Crippen LogP contribution in [-0.4, -0.2) is 17.6 Å². The van der Waals surface area contributed by atoms with Crippen LogP contribution < -0.4 is 0 Å². The van der Waals surface area contributed by atoms with Crippen molar-refractivity contribution in [3.05, 3.63) is 0 Å². The van der Waals surface area contributed by atoms with Crippen molar-refractivity contribution in [2.24, 2.45) is 17.3 Å². The summed E-state index contributed by atoms with van der Waals surface area (Å²) in [7, 11) is 0. The summed E-state index contributed by atoms with van der Waals surface area (Å²) in [5.41, 5.74) is 0.430. The predicted molar refractivity (Wildman–Crippen MR) is 78.1 cm³/mol. The quantitative estimate of drug-likeness (QED) is 0.642. The van der Waals surface area contributed by atoms with Crippen LogP contribution >= 0.6 is 11.6 Å². The number of alkyl halides is 1. The van der Waals surface area contributed by atoms with Crippen LogP contribution in [0.5, 0.6) is 0 Å². The zero-order valence-corrected chi connectivity index (χ0v) is 13.2. The van der Waals surface area contributed by atoms with E-state index in [0.717, 1.165) is 5.92 Å². The van der Waals surface area contributed by atoms with Crippen molar-refractivity contribution in [1.82, 2.24) is 0 Å². The average Bonchev–Trinajstić information content (AvgIpc) is 2.66. The second-order valence-corrected chi connectivity index (χ2v) is 8.09. The lowest BCUT2D eigenvalue weighted by Gasteiger charge is -2.40. The van der Waals surface area contributed by atoms with Crippen molar-refractivity contribution in [3.63, 3.8) is 0 Å². The fraction of sp³-hybridized carbons (Fsp3) is 1.00. The number of hydrogen-bond acceptors (Lipinski definition) is 1. The van der Waals surface area contributed by atoms with E-state index in [1.807, 2.05) is 0 Å². The van der Waals surface area contributed by atoms with Crippen LogP contribution in [0.25, 0.3) is 0 Å². The Morgan fingerprint density at radius 1 is 1.11 bits per heavy atom. The van der Waals surface area contributed by atoms with Crippen molar-refractivity contribution in [2.75, 3.05) is 0 Å². The lowest BCUT2D eigenvalue weighted by atomic mass is 9.68. The van der Waals surface area contributed by atoms with E-state index in [1.165, 1.54) is 38.5 Å². The third-order valence-electron chi connectivity index (χ3n) is 5.00. The Morgan fingerprint density at radius 2 is 1.83 bits per heavy atom. The Bertz CT molecular complexity index is 271. The summed E-state index contributed by atoms with van der Waals surface area (Å²) in [6, 6.07) is 0. The minimum atomic E-state index is 0.378. The van der Waals surface area contributed by atoms with Crippen LogP contribution in [0.15, 0.2) is 0 Å². The molecule has 2 aliphatic rings. The summed E-state index contributed by atoms with van der Waals surface area (Å²) in [6.45, 7) is 9.31. The van der Waals surface area contributed by atoms with Crippen molar-refractivity contribution in [3.8, 4) is 0 Å². The first-order valence-corrected chi connectivity index (χ1v) is 8.09. The van der Waals surface area contributed by atoms with Gasteiger partial charge in [0.2, 0.25) is 0 Å². The number of hydrogen-bond donors (Lipinski definition) is 0. The maximum Gasteiger partial charge on any atom is 0.0582 e. The van der Waals surface area contributed by atoms with Gasteiger partial charge in [-0.05, 0) is 62.7 Å². The van der Waals surface area contributed by atoms with E-state index < -0.39 is 0 Å². The van der Waals surface area contributed by atoms with Crippen molar-refractivity contribution < 1.29 is 4.74 Å². The summed E-state index contributed by atoms with van der Waals surface area (Å²) in [5, 5.41) is 0.378. The van der Waals surface area contributed by atoms with Crippen LogP contribution in [0.4, 0.5) is 0 Å². The Labute approximate surface area is 118 Å². The number of rotatable bonds is 2. The molecule has 2 heteroatoms. The molecule has 1 aliphatic carbocycles. The molecule has 1 heterocycles. The molecule has 1 saturated carbocycles. The van der Waals surface area contributed by atoms with Gasteiger partial charge in [0.05, 0.1) is 12.2 Å². The first-order valence-electron chi connectivity index (χ1n) is 7.65. The van der Waals surface area contributed by atoms with E-state index in [0.29, 0.717) is 28.9 Å². The molecule has 0 amide bonds. The highest BCUT2D eigenvalue weighted by atomic mass is 35.5. The maximum absolute atomic E-state index is 6.56. The molecule has 0 radical (unpaired) electrons. The standard InChI is InChI=1S/C16H29ClO/c1-11-5-7-14(18-11)10-12-9-13(16(2,3)4)6-8-15(12)17/h11-15H,5-10H2,1-4H3. The number of halogens is 1. The molecule has 106 valence electrons. The fourth-order valence-corrected chi connectivity index (χ4v) is 3.99. The largest absolute Gasteiger partial charge is 0.375 e. The molecule has 2 rings (SSSR count). The second kappa shape index (κ2) is 5.71. The van der Waals surface area contributed by atoms with Crippen molar-refractivity contribution >= 4 is 11.6 Å². The zero-order chi connectivity index (χ0) is 13.3. The SMILES string of the molecule is CC1CCC(CC2CC(C(C)(C)C)CCC2Cl)O1. The Kier molecular flexibility index (Phi) is 4.65. The molecule has 0 bridgehead atoms. The molecule has 18 heavy (non-hydrogen) atoms. The minimum Gasteiger partial charge on any atom is -0.375 e. The van der Waals surface area contributed by atoms with Gasteiger partial charge >= 0.3 is 0 Å². The highest BCUT2D eigenvalue weighted by molar-refractivity contribution is 6.20. The zero-order valence-electron chi connectivity index (χ0n) is 12.4. The smallest absolute Gasteiger partial charge is 0.0582 e. The molecule has 0 spiro atoms. The average molecular weight is 273 g/mol. The lowest BCUT2D eigenvalue weighted by Crippen LogP contribution is -2.34. The molecule has 5 atom stereocenters. The molecule has 0 aromatic carbocycles. The van der Waals surface area contributed by atoms with E-state index in [-0.39, 0.29) is 0 Å². The molecule has 1 aliphatic heterocycles. The summed E-state index contributed by atoms with van der Waals surface area (Å²) >= 11 is 6.56. The maximum atomic E-state index is 6.56. The van der Waals surface area contributed by atoms with Gasteiger partial charge in [0.25, 0.3) is 0 Å². The molecule has 2 fully saturated rings. The third-order valence-corrected chi connectivity index (χ3v) is 5.57. The highest BCUT2D eigenvalue weighted by Crippen LogP contribution is 2.44. The molecule has 1 nitrogen and oxygen atoms in total. The van der Waals surface area contributed by atoms with Gasteiger partial charge in [0.1, 0.15) is 0 Å². The van der Waals surface area contributed by atoms with E-state index >= 15 is 0 Å². The van der Waals surface area contributed by atoms with E-state index in [2.05, 4.69) is 27.7 Å². The summed E-state index contributed by atoms with van der Waals surface area (Å²) in [5.74, 6) is 1.50. The summed E-state index contributed by atoms with van der Waals surface area (Å²) in [4.78, 5) is 0. The Balaban J connectivity index is 1.89. The van der Waals surface area contributed by atoms with Crippen LogP contribution in [0.3, 0.4) is 0 Å².